The Hall–Kier alpha value is -0.400. The maximum absolute atomic E-state index is 4.76. The van der Waals surface area contributed by atoms with E-state index in [-0.39, 0.29) is 5.34 Å². The van der Waals surface area contributed by atoms with Crippen LogP contribution in [-0.4, -0.2) is 18.4 Å². The van der Waals surface area contributed by atoms with Gasteiger partial charge in [-0.15, -0.1) is 23.2 Å². The molecule has 1 aromatic carbocycles. The number of hydrogen-bond donors (Lipinski definition) is 0. The van der Waals surface area contributed by atoms with E-state index in [9.17, 15) is 0 Å². The number of nitrogens with zero attached hydrogens (tertiary/aromatic N) is 1. The van der Waals surface area contributed by atoms with Crippen molar-refractivity contribution < 1.29 is 0 Å². The summed E-state index contributed by atoms with van der Waals surface area (Å²) in [5, 5.41) is 0.194. The molecule has 0 fully saturated rings. The van der Waals surface area contributed by atoms with Crippen LogP contribution in [0.25, 0.3) is 0 Å². The predicted octanol–water partition coefficient (Wildman–Crippen LogP) is 3.95. The highest BCUT2D eigenvalue weighted by molar-refractivity contribution is 6.40. The second kappa shape index (κ2) is 9.17. The van der Waals surface area contributed by atoms with Crippen molar-refractivity contribution in [2.45, 2.75) is 13.8 Å². The summed E-state index contributed by atoms with van der Waals surface area (Å²) < 4.78 is 0. The Morgan fingerprint density at radius 2 is 1.43 bits per heavy atom. The molecule has 0 bridgehead atoms. The highest BCUT2D eigenvalue weighted by atomic mass is 35.5. The third kappa shape index (κ3) is 5.36. The molecular weight excluding hydrogens is 217 g/mol. The summed E-state index contributed by atoms with van der Waals surface area (Å²) in [7, 11) is 0. The highest BCUT2D eigenvalue weighted by Crippen LogP contribution is 2.11. The zero-order chi connectivity index (χ0) is 10.8. The normalized spacial score (nSPS) is 8.86. The first-order valence-corrected chi connectivity index (χ1v) is 5.78. The largest absolute Gasteiger partial charge is 0.372 e. The lowest BCUT2D eigenvalue weighted by Gasteiger charge is -2.20. The summed E-state index contributed by atoms with van der Waals surface area (Å²) >= 11 is 9.53. The number of alkyl halides is 2. The molecule has 0 amide bonds. The molecule has 0 aliphatic rings. The molecule has 1 aromatic rings. The Labute approximate surface area is 96.6 Å². The molecule has 3 heteroatoms. The molecule has 0 saturated heterocycles. The van der Waals surface area contributed by atoms with Crippen LogP contribution in [-0.2, 0) is 0 Å². The lowest BCUT2D eigenvalue weighted by Crippen LogP contribution is -2.21. The summed E-state index contributed by atoms with van der Waals surface area (Å²) in [6.07, 6.45) is 0. The smallest absolute Gasteiger partial charge is 0.0967 e. The summed E-state index contributed by atoms with van der Waals surface area (Å²) in [6, 6.07) is 10.5. The van der Waals surface area contributed by atoms with Gasteiger partial charge in [0, 0.05) is 18.8 Å². The summed E-state index contributed by atoms with van der Waals surface area (Å²) in [6.45, 7) is 6.52. The van der Waals surface area contributed by atoms with Gasteiger partial charge in [-0.05, 0) is 26.0 Å². The van der Waals surface area contributed by atoms with E-state index < -0.39 is 0 Å². The van der Waals surface area contributed by atoms with Gasteiger partial charge in [0.15, 0.2) is 0 Å². The molecule has 0 spiro atoms. The van der Waals surface area contributed by atoms with Crippen molar-refractivity contribution >= 4 is 28.9 Å². The fourth-order valence-electron chi connectivity index (χ4n) is 1.23. The van der Waals surface area contributed by atoms with E-state index in [2.05, 4.69) is 43.0 Å². The van der Waals surface area contributed by atoms with Crippen molar-refractivity contribution in [3.05, 3.63) is 30.3 Å². The molecule has 0 heterocycles. The van der Waals surface area contributed by atoms with Crippen molar-refractivity contribution in [2.75, 3.05) is 23.3 Å². The molecule has 14 heavy (non-hydrogen) atoms. The van der Waals surface area contributed by atoms with E-state index in [0.29, 0.717) is 0 Å². The van der Waals surface area contributed by atoms with Gasteiger partial charge in [0.05, 0.1) is 5.34 Å². The molecule has 1 rings (SSSR count). The standard InChI is InChI=1S/C10H15N.CH2Cl2/c1-3-11(4-2)10-8-6-5-7-9-10;2-1-3/h5-9H,3-4H2,1-2H3;1H2. The molecule has 0 atom stereocenters. The second-order valence-electron chi connectivity index (χ2n) is 2.61. The predicted molar refractivity (Wildman–Crippen MR) is 66.6 cm³/mol. The van der Waals surface area contributed by atoms with Gasteiger partial charge in [-0.2, -0.15) is 0 Å². The van der Waals surface area contributed by atoms with E-state index in [4.69, 9.17) is 23.2 Å². The zero-order valence-electron chi connectivity index (χ0n) is 8.71. The average molecular weight is 234 g/mol. The molecule has 0 aliphatic heterocycles. The van der Waals surface area contributed by atoms with Crippen LogP contribution in [0.2, 0.25) is 0 Å². The molecule has 0 N–H and O–H groups in total. The maximum atomic E-state index is 4.76. The van der Waals surface area contributed by atoms with Crippen LogP contribution in [0.5, 0.6) is 0 Å². The molecule has 0 saturated carbocycles. The van der Waals surface area contributed by atoms with Gasteiger partial charge >= 0.3 is 0 Å². The van der Waals surface area contributed by atoms with Crippen molar-refractivity contribution in [3.63, 3.8) is 0 Å². The van der Waals surface area contributed by atoms with Crippen molar-refractivity contribution in [3.8, 4) is 0 Å². The van der Waals surface area contributed by atoms with Gasteiger partial charge in [0.2, 0.25) is 0 Å². The fraction of sp³-hybridized carbons (Fsp3) is 0.455. The number of halogens is 2. The zero-order valence-corrected chi connectivity index (χ0v) is 10.2. The molecule has 80 valence electrons. The third-order valence-corrected chi connectivity index (χ3v) is 1.88. The molecule has 0 aromatic heterocycles. The summed E-state index contributed by atoms with van der Waals surface area (Å²) in [5.74, 6) is 0. The van der Waals surface area contributed by atoms with Crippen LogP contribution >= 0.6 is 23.2 Å². The van der Waals surface area contributed by atoms with E-state index in [1.54, 1.807) is 0 Å². The number of benzene rings is 1. The minimum atomic E-state index is 0.194. The fourth-order valence-corrected chi connectivity index (χ4v) is 1.23. The molecule has 1 nitrogen and oxygen atoms in total. The minimum Gasteiger partial charge on any atom is -0.372 e. The minimum absolute atomic E-state index is 0.194. The Morgan fingerprint density at radius 3 is 1.79 bits per heavy atom. The number of anilines is 1. The van der Waals surface area contributed by atoms with Gasteiger partial charge < -0.3 is 4.90 Å². The molecule has 0 unspecified atom stereocenters. The van der Waals surface area contributed by atoms with Crippen LogP contribution in [0.3, 0.4) is 0 Å². The van der Waals surface area contributed by atoms with Gasteiger partial charge in [-0.1, -0.05) is 18.2 Å². The Morgan fingerprint density at radius 1 is 1.00 bits per heavy atom. The third-order valence-electron chi connectivity index (χ3n) is 1.88. The van der Waals surface area contributed by atoms with Crippen LogP contribution in [0.4, 0.5) is 5.69 Å². The first-order chi connectivity index (χ1) is 6.79. The molecule has 0 radical (unpaired) electrons. The van der Waals surface area contributed by atoms with E-state index in [1.165, 1.54) is 5.69 Å². The SMILES string of the molecule is CCN(CC)c1ccccc1.ClCCl. The van der Waals surface area contributed by atoms with Crippen molar-refractivity contribution in [1.29, 1.82) is 0 Å². The lowest BCUT2D eigenvalue weighted by atomic mass is 10.3. The summed E-state index contributed by atoms with van der Waals surface area (Å²) in [5.41, 5.74) is 1.32. The van der Waals surface area contributed by atoms with Crippen LogP contribution < -0.4 is 4.90 Å². The quantitative estimate of drug-likeness (QED) is 0.715. The van der Waals surface area contributed by atoms with E-state index in [0.717, 1.165) is 13.1 Å². The van der Waals surface area contributed by atoms with Gasteiger partial charge in [-0.3, -0.25) is 0 Å². The number of rotatable bonds is 3. The van der Waals surface area contributed by atoms with Gasteiger partial charge in [0.1, 0.15) is 0 Å². The van der Waals surface area contributed by atoms with Crippen LogP contribution in [0, 0.1) is 0 Å². The van der Waals surface area contributed by atoms with Crippen molar-refractivity contribution in [1.82, 2.24) is 0 Å². The number of para-hydroxylation sites is 1. The van der Waals surface area contributed by atoms with Gasteiger partial charge in [-0.25, -0.2) is 0 Å². The van der Waals surface area contributed by atoms with Crippen molar-refractivity contribution in [2.24, 2.45) is 0 Å². The highest BCUT2D eigenvalue weighted by Gasteiger charge is 1.97. The monoisotopic (exact) mass is 233 g/mol. The van der Waals surface area contributed by atoms with Crippen LogP contribution in [0.1, 0.15) is 13.8 Å². The Bertz CT molecular complexity index is 210. The lowest BCUT2D eigenvalue weighted by molar-refractivity contribution is 0.866. The molecule has 0 aliphatic carbocycles. The van der Waals surface area contributed by atoms with Gasteiger partial charge in [0.25, 0.3) is 0 Å². The Balaban J connectivity index is 0.000000500. The summed E-state index contributed by atoms with van der Waals surface area (Å²) in [4.78, 5) is 2.33. The second-order valence-corrected chi connectivity index (χ2v) is 3.42. The average Bonchev–Trinajstić information content (AvgIpc) is 2.22. The topological polar surface area (TPSA) is 3.24 Å². The maximum Gasteiger partial charge on any atom is 0.0967 e. The van der Waals surface area contributed by atoms with E-state index in [1.807, 2.05) is 6.07 Å². The first kappa shape index (κ1) is 13.6. The van der Waals surface area contributed by atoms with E-state index >= 15 is 0 Å². The Kier molecular flexibility index (Phi) is 8.90. The number of hydrogen-bond acceptors (Lipinski definition) is 1. The first-order valence-electron chi connectivity index (χ1n) is 4.72. The molecular formula is C11H17Cl2N. The van der Waals surface area contributed by atoms with Crippen LogP contribution in [0.15, 0.2) is 30.3 Å².